The first-order valence-electron chi connectivity index (χ1n) is 8.88. The van der Waals surface area contributed by atoms with Crippen LogP contribution in [0.15, 0.2) is 4.34 Å². The molecule has 0 saturated carbocycles. The monoisotopic (exact) mass is 388 g/mol. The molecule has 25 heavy (non-hydrogen) atoms. The van der Waals surface area contributed by atoms with Crippen LogP contribution in [-0.2, 0) is 14.6 Å². The molecule has 0 bridgehead atoms. The van der Waals surface area contributed by atoms with E-state index in [2.05, 4.69) is 29.4 Å². The van der Waals surface area contributed by atoms with Gasteiger partial charge in [0.1, 0.15) is 5.75 Å². The van der Waals surface area contributed by atoms with Crippen LogP contribution < -0.4 is 10.2 Å². The lowest BCUT2D eigenvalue weighted by Gasteiger charge is -2.14. The van der Waals surface area contributed by atoms with Gasteiger partial charge >= 0.3 is 0 Å². The van der Waals surface area contributed by atoms with Crippen molar-refractivity contribution in [1.82, 2.24) is 15.5 Å². The normalized spacial score (nSPS) is 16.4. The predicted octanol–water partition coefficient (Wildman–Crippen LogP) is 2.24. The number of hydrogen-bond donors (Lipinski definition) is 1. The smallest absolute Gasteiger partial charge is 0.235 e. The lowest BCUT2D eigenvalue weighted by molar-refractivity contribution is -0.119. The van der Waals surface area contributed by atoms with Crippen molar-refractivity contribution in [2.24, 2.45) is 5.92 Å². The Hall–Kier alpha value is -1.22. The minimum Gasteiger partial charge on any atom is -0.353 e. The Bertz CT molecular complexity index is 667. The van der Waals surface area contributed by atoms with E-state index in [4.69, 9.17) is 0 Å². The van der Waals surface area contributed by atoms with Crippen LogP contribution in [0.25, 0.3) is 0 Å². The first-order valence-corrected chi connectivity index (χ1v) is 11.4. The van der Waals surface area contributed by atoms with Crippen LogP contribution in [0, 0.1) is 5.92 Å². The largest absolute Gasteiger partial charge is 0.353 e. The van der Waals surface area contributed by atoms with Crippen LogP contribution >= 0.6 is 11.3 Å². The van der Waals surface area contributed by atoms with E-state index in [0.717, 1.165) is 56.5 Å². The summed E-state index contributed by atoms with van der Waals surface area (Å²) >= 11 is 1.05. The lowest BCUT2D eigenvalue weighted by Crippen LogP contribution is -2.36. The van der Waals surface area contributed by atoms with E-state index in [1.165, 1.54) is 0 Å². The van der Waals surface area contributed by atoms with Crippen molar-refractivity contribution in [2.45, 2.75) is 63.3 Å². The van der Waals surface area contributed by atoms with E-state index in [-0.39, 0.29) is 10.4 Å². The standard InChI is InChI=1S/C16H28N4O3S2/c1-12(2)7-6-8-13(3)17-14(21)11-25(22,23)16-19-18-15(24-16)20-9-4-5-10-20/h12-13H,4-11H2,1-3H3,(H,17,21)/t13-/m0/s1. The fourth-order valence-corrected chi connectivity index (χ4v) is 5.08. The summed E-state index contributed by atoms with van der Waals surface area (Å²) in [6.07, 6.45) is 5.13. The number of nitrogens with zero attached hydrogens (tertiary/aromatic N) is 3. The maximum absolute atomic E-state index is 12.4. The van der Waals surface area contributed by atoms with Gasteiger partial charge in [0.15, 0.2) is 0 Å². The van der Waals surface area contributed by atoms with Crippen molar-refractivity contribution < 1.29 is 13.2 Å². The van der Waals surface area contributed by atoms with Crippen molar-refractivity contribution in [3.05, 3.63) is 0 Å². The summed E-state index contributed by atoms with van der Waals surface area (Å²) in [5.41, 5.74) is 0. The lowest BCUT2D eigenvalue weighted by atomic mass is 10.0. The molecule has 1 fully saturated rings. The second-order valence-corrected chi connectivity index (χ2v) is 10.2. The molecular weight excluding hydrogens is 360 g/mol. The zero-order valence-corrected chi connectivity index (χ0v) is 16.8. The summed E-state index contributed by atoms with van der Waals surface area (Å²) in [6, 6.07) is -0.0315. The average molecular weight is 389 g/mol. The van der Waals surface area contributed by atoms with Crippen LogP contribution in [0.1, 0.15) is 52.9 Å². The Balaban J connectivity index is 1.86. The molecule has 0 spiro atoms. The number of sulfone groups is 1. The predicted molar refractivity (Wildman–Crippen MR) is 99.7 cm³/mol. The molecule has 1 N–H and O–H groups in total. The zero-order chi connectivity index (χ0) is 18.4. The Morgan fingerprint density at radius 3 is 2.52 bits per heavy atom. The molecule has 2 heterocycles. The number of anilines is 1. The summed E-state index contributed by atoms with van der Waals surface area (Å²) in [5.74, 6) is -0.420. The van der Waals surface area contributed by atoms with Crippen LogP contribution in [0.2, 0.25) is 0 Å². The maximum Gasteiger partial charge on any atom is 0.235 e. The van der Waals surface area contributed by atoms with E-state index in [0.29, 0.717) is 11.0 Å². The fourth-order valence-electron chi connectivity index (χ4n) is 2.82. The molecule has 1 aliphatic heterocycles. The van der Waals surface area contributed by atoms with Gasteiger partial charge in [0.05, 0.1) is 0 Å². The SMILES string of the molecule is CC(C)CCC[C@H](C)NC(=O)CS(=O)(=O)c1nnc(N2CCCC2)s1. The molecule has 1 atom stereocenters. The second kappa shape index (κ2) is 8.93. The van der Waals surface area contributed by atoms with E-state index in [9.17, 15) is 13.2 Å². The van der Waals surface area contributed by atoms with E-state index in [1.807, 2.05) is 11.8 Å². The molecule has 142 valence electrons. The number of carbonyl (C=O) groups is 1. The van der Waals surface area contributed by atoms with E-state index in [1.54, 1.807) is 0 Å². The molecule has 9 heteroatoms. The molecule has 1 amide bonds. The average Bonchev–Trinajstić information content (AvgIpc) is 3.17. The number of hydrogen-bond acceptors (Lipinski definition) is 7. The minimum atomic E-state index is -3.74. The molecule has 0 unspecified atom stereocenters. The second-order valence-electron chi connectivity index (χ2n) is 7.10. The first-order chi connectivity index (χ1) is 11.8. The van der Waals surface area contributed by atoms with Gasteiger partial charge in [0.2, 0.25) is 25.2 Å². The molecule has 0 aromatic carbocycles. The van der Waals surface area contributed by atoms with Crippen LogP contribution in [0.4, 0.5) is 5.13 Å². The highest BCUT2D eigenvalue weighted by Crippen LogP contribution is 2.27. The number of amides is 1. The van der Waals surface area contributed by atoms with Crippen molar-refractivity contribution in [3.63, 3.8) is 0 Å². The summed E-state index contributed by atoms with van der Waals surface area (Å²) in [4.78, 5) is 14.1. The van der Waals surface area contributed by atoms with Crippen LogP contribution in [0.3, 0.4) is 0 Å². The number of carbonyl (C=O) groups excluding carboxylic acids is 1. The highest BCUT2D eigenvalue weighted by Gasteiger charge is 2.26. The van der Waals surface area contributed by atoms with Gasteiger partial charge in [-0.3, -0.25) is 4.79 Å². The zero-order valence-electron chi connectivity index (χ0n) is 15.2. The molecule has 1 saturated heterocycles. The van der Waals surface area contributed by atoms with Crippen molar-refractivity contribution in [1.29, 1.82) is 0 Å². The third-order valence-electron chi connectivity index (χ3n) is 4.19. The molecule has 2 rings (SSSR count). The van der Waals surface area contributed by atoms with Gasteiger partial charge < -0.3 is 10.2 Å². The minimum absolute atomic E-state index is 0.0315. The van der Waals surface area contributed by atoms with E-state index >= 15 is 0 Å². The highest BCUT2D eigenvalue weighted by atomic mass is 32.2. The summed E-state index contributed by atoms with van der Waals surface area (Å²) in [5, 5.41) is 11.2. The van der Waals surface area contributed by atoms with Gasteiger partial charge in [-0.15, -0.1) is 10.2 Å². The van der Waals surface area contributed by atoms with Crippen molar-refractivity contribution >= 4 is 32.2 Å². The topological polar surface area (TPSA) is 92.3 Å². The van der Waals surface area contributed by atoms with Gasteiger partial charge in [-0.2, -0.15) is 0 Å². The third-order valence-corrected chi connectivity index (χ3v) is 7.23. The third kappa shape index (κ3) is 6.22. The van der Waals surface area contributed by atoms with Crippen LogP contribution in [0.5, 0.6) is 0 Å². The molecule has 7 nitrogen and oxygen atoms in total. The Labute approximate surface area is 154 Å². The van der Waals surface area contributed by atoms with Gasteiger partial charge in [-0.1, -0.05) is 38.0 Å². The van der Waals surface area contributed by atoms with Gasteiger partial charge in [0, 0.05) is 19.1 Å². The van der Waals surface area contributed by atoms with Crippen LogP contribution in [-0.4, -0.2) is 49.4 Å². The number of nitrogens with one attached hydrogen (secondary N) is 1. The number of aromatic nitrogens is 2. The molecule has 0 aliphatic carbocycles. The first kappa shape index (κ1) is 20.1. The highest BCUT2D eigenvalue weighted by molar-refractivity contribution is 7.94. The molecule has 1 aliphatic rings. The molecule has 1 aromatic heterocycles. The van der Waals surface area contributed by atoms with Crippen molar-refractivity contribution in [3.8, 4) is 0 Å². The van der Waals surface area contributed by atoms with Crippen molar-refractivity contribution in [2.75, 3.05) is 23.7 Å². The maximum atomic E-state index is 12.4. The summed E-state index contributed by atoms with van der Waals surface area (Å²) in [6.45, 7) is 7.98. The summed E-state index contributed by atoms with van der Waals surface area (Å²) in [7, 11) is -3.74. The quantitative estimate of drug-likeness (QED) is 0.697. The molecule has 1 aromatic rings. The van der Waals surface area contributed by atoms with E-state index < -0.39 is 21.5 Å². The van der Waals surface area contributed by atoms with Gasteiger partial charge in [-0.25, -0.2) is 8.42 Å². The summed E-state index contributed by atoms with van der Waals surface area (Å²) < 4.78 is 24.7. The molecule has 0 radical (unpaired) electrons. The van der Waals surface area contributed by atoms with Gasteiger partial charge in [-0.05, 0) is 32.1 Å². The Morgan fingerprint density at radius 2 is 1.88 bits per heavy atom. The Morgan fingerprint density at radius 1 is 1.20 bits per heavy atom. The van der Waals surface area contributed by atoms with Gasteiger partial charge in [0.25, 0.3) is 0 Å². The molecular formula is C16H28N4O3S2. The Kier molecular flexibility index (Phi) is 7.18. The number of rotatable bonds is 9. The fraction of sp³-hybridized carbons (Fsp3) is 0.812.